The third-order valence-corrected chi connectivity index (χ3v) is 3.00. The highest BCUT2D eigenvalue weighted by Gasteiger charge is 2.17. The van der Waals surface area contributed by atoms with E-state index in [1.165, 1.54) is 0 Å². The van der Waals surface area contributed by atoms with Gasteiger partial charge in [0, 0.05) is 5.02 Å². The van der Waals surface area contributed by atoms with Crippen LogP contribution in [0.4, 0.5) is 5.69 Å². The van der Waals surface area contributed by atoms with Gasteiger partial charge in [0.25, 0.3) is 0 Å². The minimum atomic E-state index is -0.656. The Morgan fingerprint density at radius 2 is 2.09 bits per heavy atom. The quantitative estimate of drug-likeness (QED) is 0.305. The first-order valence-corrected chi connectivity index (χ1v) is 7.57. The van der Waals surface area contributed by atoms with Crippen molar-refractivity contribution in [3.63, 3.8) is 0 Å². The van der Waals surface area contributed by atoms with Crippen molar-refractivity contribution in [2.75, 3.05) is 12.0 Å². The fraction of sp³-hybridized carbons (Fsp3) is 0.231. The van der Waals surface area contributed by atoms with Gasteiger partial charge >= 0.3 is 5.97 Å². The number of nitrogens with one attached hydrogen (secondary N) is 2. The number of anilines is 1. The van der Waals surface area contributed by atoms with E-state index in [1.807, 2.05) is 0 Å². The molecule has 0 atom stereocenters. The highest BCUT2D eigenvalue weighted by atomic mass is 35.5. The minimum absolute atomic E-state index is 0.0405. The number of nitrogens with zero attached hydrogens (tertiary/aromatic N) is 2. The Morgan fingerprint density at radius 3 is 2.65 bits per heavy atom. The van der Waals surface area contributed by atoms with Crippen LogP contribution in [-0.4, -0.2) is 29.1 Å². The lowest BCUT2D eigenvalue weighted by Gasteiger charge is -2.08. The van der Waals surface area contributed by atoms with Crippen LogP contribution in [0.2, 0.25) is 10.0 Å². The number of rotatable bonds is 6. The van der Waals surface area contributed by atoms with Crippen molar-refractivity contribution < 1.29 is 9.53 Å². The zero-order valence-electron chi connectivity index (χ0n) is 12.4. The van der Waals surface area contributed by atoms with Crippen LogP contribution < -0.4 is 16.6 Å². The summed E-state index contributed by atoms with van der Waals surface area (Å²) >= 11 is 16.5. The topological polar surface area (TPSA) is 101 Å². The summed E-state index contributed by atoms with van der Waals surface area (Å²) in [7, 11) is 0. The van der Waals surface area contributed by atoms with Gasteiger partial charge in [-0.1, -0.05) is 23.2 Å². The van der Waals surface area contributed by atoms with E-state index in [2.05, 4.69) is 33.3 Å². The molecule has 0 fully saturated rings. The Hall–Kier alpha value is -1.90. The van der Waals surface area contributed by atoms with E-state index in [4.69, 9.17) is 33.7 Å². The van der Waals surface area contributed by atoms with Crippen molar-refractivity contribution >= 4 is 63.6 Å². The summed E-state index contributed by atoms with van der Waals surface area (Å²) in [5.41, 5.74) is 11.0. The normalized spacial score (nSPS) is 11.8. The second-order valence-electron chi connectivity index (χ2n) is 4.09. The number of nitrogens with two attached hydrogens (primary N) is 1. The first kappa shape index (κ1) is 19.1. The maximum absolute atomic E-state index is 12.0. The molecule has 0 aliphatic heterocycles. The second kappa shape index (κ2) is 9.29. The highest BCUT2D eigenvalue weighted by molar-refractivity contribution is 7.80. The van der Waals surface area contributed by atoms with Crippen molar-refractivity contribution in [3.8, 4) is 0 Å². The van der Waals surface area contributed by atoms with Crippen LogP contribution >= 0.6 is 35.4 Å². The molecule has 124 valence electrons. The SMILES string of the molecule is CCOC(=O)C(=N\Nc1ccc(Cl)cc1Cl)/C(C)=N/NC(N)=S. The van der Waals surface area contributed by atoms with Crippen LogP contribution in [0.3, 0.4) is 0 Å². The van der Waals surface area contributed by atoms with Gasteiger partial charge in [0.15, 0.2) is 10.8 Å². The Kier molecular flexibility index (Phi) is 7.73. The summed E-state index contributed by atoms with van der Waals surface area (Å²) in [4.78, 5) is 12.0. The van der Waals surface area contributed by atoms with Crippen LogP contribution in [0.25, 0.3) is 0 Å². The van der Waals surface area contributed by atoms with Gasteiger partial charge in [-0.05, 0) is 44.3 Å². The molecule has 0 aliphatic carbocycles. The Balaban J connectivity index is 3.05. The van der Waals surface area contributed by atoms with Gasteiger partial charge in [-0.25, -0.2) is 4.79 Å². The summed E-state index contributed by atoms with van der Waals surface area (Å²) in [5.74, 6) is -0.656. The number of hydrogen-bond donors (Lipinski definition) is 3. The summed E-state index contributed by atoms with van der Waals surface area (Å²) in [6.45, 7) is 3.42. The molecule has 0 radical (unpaired) electrons. The molecule has 0 spiro atoms. The molecule has 0 heterocycles. The molecule has 0 saturated heterocycles. The van der Waals surface area contributed by atoms with E-state index in [-0.39, 0.29) is 23.1 Å². The molecule has 0 amide bonds. The number of hydrogen-bond acceptors (Lipinski definition) is 6. The Morgan fingerprint density at radius 1 is 1.39 bits per heavy atom. The van der Waals surface area contributed by atoms with Crippen molar-refractivity contribution in [1.82, 2.24) is 5.43 Å². The maximum Gasteiger partial charge on any atom is 0.360 e. The number of esters is 1. The average molecular weight is 376 g/mol. The smallest absolute Gasteiger partial charge is 0.360 e. The molecular weight excluding hydrogens is 361 g/mol. The molecular formula is C13H15Cl2N5O2S. The molecule has 0 aromatic heterocycles. The second-order valence-corrected chi connectivity index (χ2v) is 5.37. The van der Waals surface area contributed by atoms with Crippen LogP contribution in [0.5, 0.6) is 0 Å². The third kappa shape index (κ3) is 6.39. The first-order chi connectivity index (χ1) is 10.8. The fourth-order valence-electron chi connectivity index (χ4n) is 1.36. The van der Waals surface area contributed by atoms with Gasteiger partial charge in [-0.15, -0.1) is 0 Å². The first-order valence-electron chi connectivity index (χ1n) is 6.41. The highest BCUT2D eigenvalue weighted by Crippen LogP contribution is 2.25. The molecule has 23 heavy (non-hydrogen) atoms. The number of halogens is 2. The minimum Gasteiger partial charge on any atom is -0.461 e. The van der Waals surface area contributed by atoms with Crippen LogP contribution in [0.15, 0.2) is 28.4 Å². The molecule has 1 rings (SSSR count). The summed E-state index contributed by atoms with van der Waals surface area (Å²) in [6.07, 6.45) is 0. The molecule has 0 saturated carbocycles. The monoisotopic (exact) mass is 375 g/mol. The lowest BCUT2D eigenvalue weighted by molar-refractivity contribution is -0.134. The van der Waals surface area contributed by atoms with Gasteiger partial charge in [0.05, 0.1) is 23.0 Å². The number of hydrazone groups is 2. The molecule has 4 N–H and O–H groups in total. The van der Waals surface area contributed by atoms with Crippen molar-refractivity contribution in [3.05, 3.63) is 28.2 Å². The number of ether oxygens (including phenoxy) is 1. The van der Waals surface area contributed by atoms with E-state index < -0.39 is 5.97 Å². The van der Waals surface area contributed by atoms with Gasteiger partial charge in [0.1, 0.15) is 0 Å². The number of carbonyl (C=O) groups excluding carboxylic acids is 1. The van der Waals surface area contributed by atoms with Gasteiger partial charge in [0.2, 0.25) is 0 Å². The average Bonchev–Trinajstić information content (AvgIpc) is 2.47. The number of thiocarbonyl (C=S) groups is 1. The summed E-state index contributed by atoms with van der Waals surface area (Å²) in [6, 6.07) is 4.79. The predicted molar refractivity (Wildman–Crippen MR) is 97.2 cm³/mol. The maximum atomic E-state index is 12.0. The zero-order valence-corrected chi connectivity index (χ0v) is 14.7. The number of benzene rings is 1. The van der Waals surface area contributed by atoms with Crippen LogP contribution in [-0.2, 0) is 9.53 Å². The molecule has 0 unspecified atom stereocenters. The zero-order chi connectivity index (χ0) is 17.4. The summed E-state index contributed by atoms with van der Waals surface area (Å²) < 4.78 is 4.93. The van der Waals surface area contributed by atoms with E-state index in [0.717, 1.165) is 0 Å². The molecule has 10 heteroatoms. The van der Waals surface area contributed by atoms with Gasteiger partial charge in [-0.3, -0.25) is 10.9 Å². The molecule has 0 aliphatic rings. The van der Waals surface area contributed by atoms with Gasteiger partial charge < -0.3 is 10.5 Å². The lowest BCUT2D eigenvalue weighted by Crippen LogP contribution is -2.30. The van der Waals surface area contributed by atoms with Crippen molar-refractivity contribution in [2.24, 2.45) is 15.9 Å². The Labute approximate surface area is 148 Å². The third-order valence-electron chi connectivity index (χ3n) is 2.36. The van der Waals surface area contributed by atoms with Crippen molar-refractivity contribution in [1.29, 1.82) is 0 Å². The number of carbonyl (C=O) groups is 1. The molecule has 0 bridgehead atoms. The van der Waals surface area contributed by atoms with E-state index in [1.54, 1.807) is 32.0 Å². The van der Waals surface area contributed by atoms with Crippen LogP contribution in [0.1, 0.15) is 13.8 Å². The fourth-order valence-corrected chi connectivity index (χ4v) is 1.86. The molecule has 1 aromatic rings. The van der Waals surface area contributed by atoms with Crippen LogP contribution in [0, 0.1) is 0 Å². The summed E-state index contributed by atoms with van der Waals surface area (Å²) in [5, 5.41) is 8.63. The predicted octanol–water partition coefficient (Wildman–Crippen LogP) is 2.53. The lowest BCUT2D eigenvalue weighted by atomic mass is 10.2. The molecule has 1 aromatic carbocycles. The van der Waals surface area contributed by atoms with E-state index in [9.17, 15) is 4.79 Å². The molecule has 7 nitrogen and oxygen atoms in total. The van der Waals surface area contributed by atoms with E-state index >= 15 is 0 Å². The van der Waals surface area contributed by atoms with E-state index in [0.29, 0.717) is 15.7 Å². The standard InChI is InChI=1S/C13H15Cl2N5O2S/c1-3-22-12(21)11(7(2)17-20-13(16)23)19-18-10-5-4-8(14)6-9(10)15/h4-6,18H,3H2,1-2H3,(H3,16,20,23)/b17-7+,19-11-. The van der Waals surface area contributed by atoms with Gasteiger partial charge in [-0.2, -0.15) is 10.2 Å². The largest absolute Gasteiger partial charge is 0.461 e. The Bertz CT molecular complexity index is 664. The van der Waals surface area contributed by atoms with Crippen molar-refractivity contribution in [2.45, 2.75) is 13.8 Å².